The molecule has 0 aliphatic heterocycles. The highest BCUT2D eigenvalue weighted by Gasteiger charge is 2.26. The molecule has 0 bridgehead atoms. The van der Waals surface area contributed by atoms with Gasteiger partial charge in [0.2, 0.25) is 11.0 Å². The van der Waals surface area contributed by atoms with Gasteiger partial charge in [-0.15, -0.1) is 10.2 Å². The molecule has 1 unspecified atom stereocenters. The molecule has 6 heteroatoms. The van der Waals surface area contributed by atoms with E-state index in [2.05, 4.69) is 29.4 Å². The van der Waals surface area contributed by atoms with Gasteiger partial charge in [-0.25, -0.2) is 0 Å². The molecular formula is C11H20N4OS. The summed E-state index contributed by atoms with van der Waals surface area (Å²) in [4.78, 5) is 11.8. The third kappa shape index (κ3) is 4.05. The molecule has 0 fully saturated rings. The second-order valence-corrected chi connectivity index (χ2v) is 5.89. The Kier molecular flexibility index (Phi) is 4.59. The van der Waals surface area contributed by atoms with Crippen LogP contribution in [-0.2, 0) is 11.2 Å². The number of aromatic nitrogens is 2. The molecule has 1 heterocycles. The number of nitrogens with two attached hydrogens (primary N) is 1. The number of hydrogen-bond acceptors (Lipinski definition) is 5. The third-order valence-corrected chi connectivity index (χ3v) is 3.38. The van der Waals surface area contributed by atoms with Crippen molar-refractivity contribution in [3.63, 3.8) is 0 Å². The van der Waals surface area contributed by atoms with Crippen molar-refractivity contribution in [2.45, 2.75) is 46.1 Å². The van der Waals surface area contributed by atoms with Crippen molar-refractivity contribution in [3.05, 3.63) is 5.01 Å². The van der Waals surface area contributed by atoms with Crippen molar-refractivity contribution < 1.29 is 4.79 Å². The molecule has 0 spiro atoms. The average Bonchev–Trinajstić information content (AvgIpc) is 2.64. The maximum atomic E-state index is 11.8. The molecule has 0 radical (unpaired) electrons. The molecule has 1 aromatic rings. The lowest BCUT2D eigenvalue weighted by molar-refractivity contribution is -0.120. The van der Waals surface area contributed by atoms with Gasteiger partial charge in [0.05, 0.1) is 5.54 Å². The highest BCUT2D eigenvalue weighted by atomic mass is 32.1. The summed E-state index contributed by atoms with van der Waals surface area (Å²) in [6, 6.07) is 0. The van der Waals surface area contributed by atoms with Gasteiger partial charge < -0.3 is 5.73 Å². The molecule has 0 aromatic carbocycles. The molecular weight excluding hydrogens is 236 g/mol. The van der Waals surface area contributed by atoms with E-state index in [1.807, 2.05) is 6.92 Å². The summed E-state index contributed by atoms with van der Waals surface area (Å²) in [5.41, 5.74) is 4.98. The molecule has 3 N–H and O–H groups in total. The maximum absolute atomic E-state index is 11.8. The Bertz CT molecular complexity index is 387. The molecule has 1 amide bonds. The monoisotopic (exact) mass is 256 g/mol. The lowest BCUT2D eigenvalue weighted by Gasteiger charge is -2.20. The number of anilines is 1. The quantitative estimate of drug-likeness (QED) is 0.841. The maximum Gasteiger partial charge on any atom is 0.245 e. The van der Waals surface area contributed by atoms with E-state index in [9.17, 15) is 4.79 Å². The van der Waals surface area contributed by atoms with E-state index in [0.717, 1.165) is 11.4 Å². The van der Waals surface area contributed by atoms with E-state index in [0.29, 0.717) is 17.5 Å². The summed E-state index contributed by atoms with van der Waals surface area (Å²) in [7, 11) is 0. The van der Waals surface area contributed by atoms with Gasteiger partial charge in [-0.1, -0.05) is 32.1 Å². The van der Waals surface area contributed by atoms with E-state index >= 15 is 0 Å². The van der Waals surface area contributed by atoms with E-state index in [1.165, 1.54) is 11.3 Å². The molecule has 1 rings (SSSR count). The zero-order chi connectivity index (χ0) is 13.1. The summed E-state index contributed by atoms with van der Waals surface area (Å²) in [6.07, 6.45) is 1.46. The Morgan fingerprint density at radius 2 is 2.18 bits per heavy atom. The van der Waals surface area contributed by atoms with E-state index < -0.39 is 5.54 Å². The fraction of sp³-hybridized carbons (Fsp3) is 0.727. The highest BCUT2D eigenvalue weighted by Crippen LogP contribution is 2.19. The second-order valence-electron chi connectivity index (χ2n) is 4.82. The molecule has 1 atom stereocenters. The summed E-state index contributed by atoms with van der Waals surface area (Å²) < 4.78 is 0. The third-order valence-electron chi connectivity index (χ3n) is 2.52. The van der Waals surface area contributed by atoms with Crippen LogP contribution < -0.4 is 11.1 Å². The van der Waals surface area contributed by atoms with Crippen LogP contribution >= 0.6 is 11.3 Å². The second kappa shape index (κ2) is 5.55. The van der Waals surface area contributed by atoms with Crippen LogP contribution in [0, 0.1) is 5.92 Å². The Balaban J connectivity index is 2.64. The van der Waals surface area contributed by atoms with E-state index in [4.69, 9.17) is 5.73 Å². The molecule has 17 heavy (non-hydrogen) atoms. The molecule has 0 aliphatic rings. The number of carbonyl (C=O) groups is 1. The normalized spacial score (nSPS) is 14.7. The molecule has 0 saturated heterocycles. The van der Waals surface area contributed by atoms with Crippen molar-refractivity contribution >= 4 is 22.4 Å². The van der Waals surface area contributed by atoms with Crippen molar-refractivity contribution in [2.75, 3.05) is 5.32 Å². The van der Waals surface area contributed by atoms with Crippen LogP contribution in [0.15, 0.2) is 0 Å². The Morgan fingerprint density at radius 3 is 2.71 bits per heavy atom. The van der Waals surface area contributed by atoms with Crippen molar-refractivity contribution in [1.82, 2.24) is 10.2 Å². The number of rotatable bonds is 5. The topological polar surface area (TPSA) is 80.9 Å². The average molecular weight is 256 g/mol. The summed E-state index contributed by atoms with van der Waals surface area (Å²) in [5.74, 6) is 0.314. The predicted octanol–water partition coefficient (Wildman–Crippen LogP) is 1.80. The smallest absolute Gasteiger partial charge is 0.245 e. The van der Waals surface area contributed by atoms with Crippen molar-refractivity contribution in [2.24, 2.45) is 11.7 Å². The van der Waals surface area contributed by atoms with Gasteiger partial charge in [0.1, 0.15) is 5.01 Å². The van der Waals surface area contributed by atoms with E-state index in [1.54, 1.807) is 6.92 Å². The van der Waals surface area contributed by atoms with Gasteiger partial charge in [0, 0.05) is 6.42 Å². The van der Waals surface area contributed by atoms with Crippen LogP contribution in [0.25, 0.3) is 0 Å². The SMILES string of the molecule is CCC(C)(N)C(=O)Nc1nnc(CC(C)C)s1. The zero-order valence-corrected chi connectivity index (χ0v) is 11.6. The molecule has 0 saturated carbocycles. The number of hydrogen-bond donors (Lipinski definition) is 2. The first-order chi connectivity index (χ1) is 7.85. The highest BCUT2D eigenvalue weighted by molar-refractivity contribution is 7.15. The minimum atomic E-state index is -0.857. The predicted molar refractivity (Wildman–Crippen MR) is 70.0 cm³/mol. The van der Waals surface area contributed by atoms with Crippen LogP contribution in [0.4, 0.5) is 5.13 Å². The van der Waals surface area contributed by atoms with E-state index in [-0.39, 0.29) is 5.91 Å². The lowest BCUT2D eigenvalue weighted by atomic mass is 10.00. The van der Waals surface area contributed by atoms with Gasteiger partial charge in [0.15, 0.2) is 0 Å². The minimum absolute atomic E-state index is 0.216. The largest absolute Gasteiger partial charge is 0.318 e. The van der Waals surface area contributed by atoms with Crippen molar-refractivity contribution in [3.8, 4) is 0 Å². The summed E-state index contributed by atoms with van der Waals surface area (Å²) in [5, 5.41) is 12.1. The fourth-order valence-corrected chi connectivity index (χ4v) is 2.08. The lowest BCUT2D eigenvalue weighted by Crippen LogP contribution is -2.47. The Morgan fingerprint density at radius 1 is 1.53 bits per heavy atom. The fourth-order valence-electron chi connectivity index (χ4n) is 1.14. The summed E-state index contributed by atoms with van der Waals surface area (Å²) >= 11 is 1.41. The first-order valence-corrected chi connectivity index (χ1v) is 6.59. The van der Waals surface area contributed by atoms with Crippen molar-refractivity contribution in [1.29, 1.82) is 0 Å². The Labute approximate surface area is 106 Å². The zero-order valence-electron chi connectivity index (χ0n) is 10.8. The first kappa shape index (κ1) is 14.1. The van der Waals surface area contributed by atoms with Crippen LogP contribution in [0.2, 0.25) is 0 Å². The van der Waals surface area contributed by atoms with Crippen LogP contribution in [0.5, 0.6) is 0 Å². The molecule has 5 nitrogen and oxygen atoms in total. The first-order valence-electron chi connectivity index (χ1n) is 5.78. The molecule has 96 valence electrons. The number of amides is 1. The van der Waals surface area contributed by atoms with Crippen LogP contribution in [0.3, 0.4) is 0 Å². The van der Waals surface area contributed by atoms with Gasteiger partial charge in [-0.3, -0.25) is 10.1 Å². The Hall–Kier alpha value is -1.01. The molecule has 1 aromatic heterocycles. The number of nitrogens with one attached hydrogen (secondary N) is 1. The van der Waals surface area contributed by atoms with Gasteiger partial charge in [0.25, 0.3) is 0 Å². The standard InChI is InChI=1S/C11H20N4OS/c1-5-11(4,12)9(16)13-10-15-14-8(17-10)6-7(2)3/h7H,5-6,12H2,1-4H3,(H,13,15,16). The van der Waals surface area contributed by atoms with Crippen LogP contribution in [0.1, 0.15) is 39.1 Å². The van der Waals surface area contributed by atoms with Gasteiger partial charge >= 0.3 is 0 Å². The number of carbonyl (C=O) groups excluding carboxylic acids is 1. The van der Waals surface area contributed by atoms with Crippen LogP contribution in [-0.4, -0.2) is 21.6 Å². The minimum Gasteiger partial charge on any atom is -0.318 e. The van der Waals surface area contributed by atoms with Gasteiger partial charge in [-0.2, -0.15) is 0 Å². The summed E-state index contributed by atoms with van der Waals surface area (Å²) in [6.45, 7) is 7.82. The molecule has 0 aliphatic carbocycles. The van der Waals surface area contributed by atoms with Gasteiger partial charge in [-0.05, 0) is 19.3 Å². The number of nitrogens with zero attached hydrogens (tertiary/aromatic N) is 2.